The Morgan fingerprint density at radius 1 is 1.25 bits per heavy atom. The number of nitrogens with zero attached hydrogens (tertiary/aromatic N) is 4. The van der Waals surface area contributed by atoms with Crippen LogP contribution < -0.4 is 5.32 Å². The number of amides is 4. The van der Waals surface area contributed by atoms with E-state index in [9.17, 15) is 14.4 Å². The number of rotatable bonds is 6. The molecule has 1 aromatic rings. The summed E-state index contributed by atoms with van der Waals surface area (Å²) in [6.45, 7) is 7.10. The van der Waals surface area contributed by atoms with Gasteiger partial charge in [-0.15, -0.1) is 0 Å². The second-order valence-corrected chi connectivity index (χ2v) is 6.09. The van der Waals surface area contributed by atoms with Crippen LogP contribution in [0.2, 0.25) is 0 Å². The minimum atomic E-state index is -0.720. The van der Waals surface area contributed by atoms with Crippen molar-refractivity contribution >= 4 is 17.8 Å². The molecule has 1 atom stereocenters. The second kappa shape index (κ2) is 7.02. The summed E-state index contributed by atoms with van der Waals surface area (Å²) in [5.41, 5.74) is 3.37. The smallest absolute Gasteiger partial charge is 0.326 e. The van der Waals surface area contributed by atoms with Crippen LogP contribution in [0.5, 0.6) is 0 Å². The van der Waals surface area contributed by atoms with E-state index in [2.05, 4.69) is 17.3 Å². The van der Waals surface area contributed by atoms with Crippen molar-refractivity contribution in [3.8, 4) is 0 Å². The largest absolute Gasteiger partial charge is 0.354 e. The third-order valence-corrected chi connectivity index (χ3v) is 4.58. The Kier molecular flexibility index (Phi) is 5.26. The third kappa shape index (κ3) is 3.27. The van der Waals surface area contributed by atoms with Crippen molar-refractivity contribution in [1.82, 2.24) is 24.9 Å². The molecule has 8 nitrogen and oxygen atoms in total. The summed E-state index contributed by atoms with van der Waals surface area (Å²) in [4.78, 5) is 38.0. The molecule has 132 valence electrons. The van der Waals surface area contributed by atoms with Gasteiger partial charge in [0.15, 0.2) is 0 Å². The van der Waals surface area contributed by atoms with Crippen molar-refractivity contribution < 1.29 is 14.4 Å². The van der Waals surface area contributed by atoms with Gasteiger partial charge in [-0.3, -0.25) is 19.2 Å². The first-order valence-electron chi connectivity index (χ1n) is 8.11. The fraction of sp³-hybridized carbons (Fsp3) is 0.625. The quantitative estimate of drug-likeness (QED) is 0.765. The van der Waals surface area contributed by atoms with Crippen LogP contribution in [0.3, 0.4) is 0 Å². The standard InChI is InChI=1S/C16H25N5O3/c1-6-12-10(2)18-21(11(12)3)8-7-17-14(22)9-13-15(23)20(5)16(24)19(13)4/h13H,6-9H2,1-5H3,(H,17,22)/t13-/m1/s1. The Bertz CT molecular complexity index is 667. The van der Waals surface area contributed by atoms with Crippen molar-refractivity contribution in [2.24, 2.45) is 0 Å². The number of aryl methyl sites for hydroxylation is 1. The van der Waals surface area contributed by atoms with E-state index < -0.39 is 6.04 Å². The highest BCUT2D eigenvalue weighted by atomic mass is 16.2. The van der Waals surface area contributed by atoms with Gasteiger partial charge in [0.2, 0.25) is 5.91 Å². The van der Waals surface area contributed by atoms with Crippen LogP contribution in [0.15, 0.2) is 0 Å². The Hall–Kier alpha value is -2.38. The van der Waals surface area contributed by atoms with Crippen LogP contribution in [0.25, 0.3) is 0 Å². The number of urea groups is 1. The summed E-state index contributed by atoms with van der Waals surface area (Å²) in [5.74, 6) is -0.593. The highest BCUT2D eigenvalue weighted by Crippen LogP contribution is 2.16. The number of aromatic nitrogens is 2. The normalized spacial score (nSPS) is 17.8. The molecule has 0 aliphatic carbocycles. The van der Waals surface area contributed by atoms with E-state index >= 15 is 0 Å². The maximum absolute atomic E-state index is 12.1. The van der Waals surface area contributed by atoms with Gasteiger partial charge in [0.1, 0.15) is 6.04 Å². The average Bonchev–Trinajstić information content (AvgIpc) is 2.91. The van der Waals surface area contributed by atoms with Crippen LogP contribution in [0, 0.1) is 13.8 Å². The SMILES string of the molecule is CCc1c(C)nn(CCNC(=O)C[C@@H]2C(=O)N(C)C(=O)N2C)c1C. The molecule has 2 heterocycles. The Labute approximate surface area is 141 Å². The molecule has 0 radical (unpaired) electrons. The van der Waals surface area contributed by atoms with Gasteiger partial charge in [-0.1, -0.05) is 6.92 Å². The van der Waals surface area contributed by atoms with Gasteiger partial charge in [-0.05, 0) is 25.8 Å². The molecule has 0 bridgehead atoms. The molecule has 8 heteroatoms. The monoisotopic (exact) mass is 335 g/mol. The van der Waals surface area contributed by atoms with E-state index in [4.69, 9.17) is 0 Å². The molecule has 4 amide bonds. The highest BCUT2D eigenvalue weighted by Gasteiger charge is 2.41. The molecule has 0 spiro atoms. The summed E-state index contributed by atoms with van der Waals surface area (Å²) in [6, 6.07) is -1.10. The number of hydrogen-bond acceptors (Lipinski definition) is 4. The molecule has 1 fully saturated rings. The van der Waals surface area contributed by atoms with Gasteiger partial charge in [-0.25, -0.2) is 4.79 Å². The number of carbonyl (C=O) groups is 3. The van der Waals surface area contributed by atoms with Crippen LogP contribution >= 0.6 is 0 Å². The third-order valence-electron chi connectivity index (χ3n) is 4.58. The number of hydrogen-bond donors (Lipinski definition) is 1. The van der Waals surface area contributed by atoms with Crippen LogP contribution in [-0.2, 0) is 22.6 Å². The Morgan fingerprint density at radius 3 is 2.42 bits per heavy atom. The topological polar surface area (TPSA) is 87.5 Å². The molecule has 1 aliphatic heterocycles. The van der Waals surface area contributed by atoms with Gasteiger partial charge in [0.05, 0.1) is 18.7 Å². The van der Waals surface area contributed by atoms with Crippen molar-refractivity contribution in [2.75, 3.05) is 20.6 Å². The molecule has 0 aromatic carbocycles. The number of nitrogens with one attached hydrogen (secondary N) is 1. The zero-order chi connectivity index (χ0) is 18.0. The van der Waals surface area contributed by atoms with Crippen LogP contribution in [0.4, 0.5) is 4.79 Å². The zero-order valence-electron chi connectivity index (χ0n) is 14.9. The van der Waals surface area contributed by atoms with Gasteiger partial charge >= 0.3 is 6.03 Å². The lowest BCUT2D eigenvalue weighted by atomic mass is 10.1. The van der Waals surface area contributed by atoms with Crippen LogP contribution in [-0.4, -0.2) is 64.1 Å². The first-order chi connectivity index (χ1) is 11.3. The van der Waals surface area contributed by atoms with Gasteiger partial charge in [0.25, 0.3) is 5.91 Å². The number of imide groups is 1. The summed E-state index contributed by atoms with van der Waals surface area (Å²) >= 11 is 0. The fourth-order valence-corrected chi connectivity index (χ4v) is 3.09. The minimum Gasteiger partial charge on any atom is -0.354 e. The maximum Gasteiger partial charge on any atom is 0.326 e. The molecule has 24 heavy (non-hydrogen) atoms. The predicted octanol–water partition coefficient (Wildman–Crippen LogP) is 0.461. The van der Waals surface area contributed by atoms with E-state index in [1.807, 2.05) is 18.5 Å². The highest BCUT2D eigenvalue weighted by molar-refractivity contribution is 6.05. The number of likely N-dealkylation sites (N-methyl/N-ethyl adjacent to an activating group) is 2. The van der Waals surface area contributed by atoms with Crippen molar-refractivity contribution in [3.05, 3.63) is 17.0 Å². The van der Waals surface area contributed by atoms with E-state index in [1.165, 1.54) is 24.6 Å². The molecule has 1 aromatic heterocycles. The first kappa shape index (κ1) is 18.0. The Morgan fingerprint density at radius 2 is 1.92 bits per heavy atom. The van der Waals surface area contributed by atoms with Crippen molar-refractivity contribution in [1.29, 1.82) is 0 Å². The summed E-state index contributed by atoms with van der Waals surface area (Å²) in [5, 5.41) is 7.27. The molecule has 1 aliphatic rings. The van der Waals surface area contributed by atoms with E-state index in [1.54, 1.807) is 0 Å². The lowest BCUT2D eigenvalue weighted by Crippen LogP contribution is -2.38. The van der Waals surface area contributed by atoms with E-state index in [0.717, 1.165) is 22.7 Å². The lowest BCUT2D eigenvalue weighted by Gasteiger charge is -2.15. The van der Waals surface area contributed by atoms with Gasteiger partial charge in [-0.2, -0.15) is 5.10 Å². The summed E-state index contributed by atoms with van der Waals surface area (Å²) in [7, 11) is 2.96. The minimum absolute atomic E-state index is 0.0251. The van der Waals surface area contributed by atoms with Crippen molar-refractivity contribution in [3.63, 3.8) is 0 Å². The molecule has 0 saturated carbocycles. The predicted molar refractivity (Wildman–Crippen MR) is 88.4 cm³/mol. The molecule has 2 rings (SSSR count). The second-order valence-electron chi connectivity index (χ2n) is 6.09. The summed E-state index contributed by atoms with van der Waals surface area (Å²) in [6.07, 6.45) is 0.907. The summed E-state index contributed by atoms with van der Waals surface area (Å²) < 4.78 is 1.89. The van der Waals surface area contributed by atoms with Gasteiger partial charge in [0, 0.05) is 26.3 Å². The molecule has 0 unspecified atom stereocenters. The van der Waals surface area contributed by atoms with Crippen LogP contribution in [0.1, 0.15) is 30.3 Å². The molecular formula is C16H25N5O3. The van der Waals surface area contributed by atoms with E-state index in [0.29, 0.717) is 13.1 Å². The lowest BCUT2D eigenvalue weighted by molar-refractivity contribution is -0.131. The maximum atomic E-state index is 12.1. The van der Waals surface area contributed by atoms with Crippen molar-refractivity contribution in [2.45, 2.75) is 46.2 Å². The first-order valence-corrected chi connectivity index (χ1v) is 8.11. The Balaban J connectivity index is 1.86. The van der Waals surface area contributed by atoms with E-state index in [-0.39, 0.29) is 24.3 Å². The van der Waals surface area contributed by atoms with Gasteiger partial charge < -0.3 is 10.2 Å². The molecule has 1 saturated heterocycles. The zero-order valence-corrected chi connectivity index (χ0v) is 14.9. The average molecular weight is 335 g/mol. The molecular weight excluding hydrogens is 310 g/mol. The number of carbonyl (C=O) groups excluding carboxylic acids is 3. The molecule has 1 N–H and O–H groups in total. The fourth-order valence-electron chi connectivity index (χ4n) is 3.09.